The van der Waals surface area contributed by atoms with Gasteiger partial charge in [0.15, 0.2) is 0 Å². The maximum absolute atomic E-state index is 13.9. The van der Waals surface area contributed by atoms with Gasteiger partial charge in [0, 0.05) is 12.2 Å². The number of rotatable bonds is 10. The predicted octanol–water partition coefficient (Wildman–Crippen LogP) is 4.70. The third kappa shape index (κ3) is 8.05. The number of carbonyl (C=O) groups excluding carboxylic acids is 4. The van der Waals surface area contributed by atoms with Crippen molar-refractivity contribution in [3.05, 3.63) is 77.9 Å². The van der Waals surface area contributed by atoms with E-state index in [0.717, 1.165) is 22.8 Å². The van der Waals surface area contributed by atoms with Gasteiger partial charge in [0.05, 0.1) is 6.42 Å². The van der Waals surface area contributed by atoms with Crippen LogP contribution in [0.1, 0.15) is 58.2 Å². The fourth-order valence-corrected chi connectivity index (χ4v) is 4.40. The van der Waals surface area contributed by atoms with E-state index in [-0.39, 0.29) is 6.54 Å². The summed E-state index contributed by atoms with van der Waals surface area (Å²) in [7, 11) is 0. The zero-order chi connectivity index (χ0) is 29.4. The first kappa shape index (κ1) is 30.1. The van der Waals surface area contributed by atoms with Crippen LogP contribution in [0.5, 0.6) is 0 Å². The molecule has 0 aliphatic rings. The van der Waals surface area contributed by atoms with Gasteiger partial charge in [0.2, 0.25) is 11.8 Å². The molecule has 0 aliphatic heterocycles. The Morgan fingerprint density at radius 2 is 1.57 bits per heavy atom. The van der Waals surface area contributed by atoms with E-state index < -0.39 is 47.9 Å². The molecule has 9 nitrogen and oxygen atoms in total. The molecule has 3 aromatic rings. The van der Waals surface area contributed by atoms with Gasteiger partial charge in [-0.25, -0.2) is 4.79 Å². The number of nitrogens with two attached hydrogens (primary N) is 1. The third-order valence-electron chi connectivity index (χ3n) is 6.30. The number of anilines is 1. The second kappa shape index (κ2) is 13.1. The smallest absolute Gasteiger partial charge is 0.408 e. The standard InChI is InChI=1S/C31H38N4O5/c1-6-20-12-14-22(15-13-20)27(28(37)33-24-17-16-21-10-8-9-11-23(21)18-24)35(7-2)29(38)25(19-26(32)36)34-30(39)40-31(3,4)5/h8-18,25,27H,6-7,19H2,1-5H3,(H2,32,36)(H,33,37)(H,34,39). The lowest BCUT2D eigenvalue weighted by atomic mass is 10.00. The zero-order valence-corrected chi connectivity index (χ0v) is 23.7. The summed E-state index contributed by atoms with van der Waals surface area (Å²) < 4.78 is 5.29. The quantitative estimate of drug-likeness (QED) is 0.339. The summed E-state index contributed by atoms with van der Waals surface area (Å²) in [6.45, 7) is 8.92. The Bertz CT molecular complexity index is 1360. The fourth-order valence-electron chi connectivity index (χ4n) is 4.40. The lowest BCUT2D eigenvalue weighted by Crippen LogP contribution is -2.53. The Kier molecular flexibility index (Phi) is 9.87. The molecule has 3 rings (SSSR count). The average Bonchev–Trinajstić information content (AvgIpc) is 2.89. The number of carbonyl (C=O) groups is 4. The normalized spacial score (nSPS) is 12.7. The van der Waals surface area contributed by atoms with Crippen LogP contribution in [0.4, 0.5) is 10.5 Å². The number of alkyl carbamates (subject to hydrolysis) is 1. The van der Waals surface area contributed by atoms with Gasteiger partial charge < -0.3 is 26.0 Å². The second-order valence-corrected chi connectivity index (χ2v) is 10.5. The van der Waals surface area contributed by atoms with Gasteiger partial charge in [-0.15, -0.1) is 0 Å². The van der Waals surface area contributed by atoms with E-state index in [0.29, 0.717) is 11.3 Å². The van der Waals surface area contributed by atoms with Gasteiger partial charge in [0.1, 0.15) is 17.7 Å². The first-order chi connectivity index (χ1) is 18.9. The summed E-state index contributed by atoms with van der Waals surface area (Å²) in [4.78, 5) is 53.4. The molecule has 0 radical (unpaired) electrons. The molecule has 40 heavy (non-hydrogen) atoms. The third-order valence-corrected chi connectivity index (χ3v) is 6.30. The van der Waals surface area contributed by atoms with Crippen LogP contribution in [0, 0.1) is 0 Å². The highest BCUT2D eigenvalue weighted by atomic mass is 16.6. The molecule has 2 unspecified atom stereocenters. The molecule has 4 amide bonds. The average molecular weight is 547 g/mol. The highest BCUT2D eigenvalue weighted by Crippen LogP contribution is 2.26. The number of fused-ring (bicyclic) bond motifs is 1. The van der Waals surface area contributed by atoms with Crippen molar-refractivity contribution in [2.24, 2.45) is 5.73 Å². The van der Waals surface area contributed by atoms with Crippen LogP contribution >= 0.6 is 0 Å². The number of aryl methyl sites for hydroxylation is 1. The van der Waals surface area contributed by atoms with Crippen LogP contribution in [-0.4, -0.2) is 46.9 Å². The van der Waals surface area contributed by atoms with Crippen molar-refractivity contribution in [2.75, 3.05) is 11.9 Å². The van der Waals surface area contributed by atoms with Crippen LogP contribution in [0.15, 0.2) is 66.7 Å². The summed E-state index contributed by atoms with van der Waals surface area (Å²) in [5.74, 6) is -1.86. The van der Waals surface area contributed by atoms with Crippen LogP contribution in [0.3, 0.4) is 0 Å². The molecule has 0 aromatic heterocycles. The van der Waals surface area contributed by atoms with E-state index in [1.807, 2.05) is 67.6 Å². The largest absolute Gasteiger partial charge is 0.444 e. The number of nitrogens with one attached hydrogen (secondary N) is 2. The Morgan fingerprint density at radius 3 is 2.15 bits per heavy atom. The van der Waals surface area contributed by atoms with Crippen molar-refractivity contribution in [1.82, 2.24) is 10.2 Å². The molecule has 4 N–H and O–H groups in total. The van der Waals surface area contributed by atoms with E-state index in [9.17, 15) is 19.2 Å². The lowest BCUT2D eigenvalue weighted by molar-refractivity contribution is -0.141. The van der Waals surface area contributed by atoms with Crippen LogP contribution in [0.2, 0.25) is 0 Å². The highest BCUT2D eigenvalue weighted by molar-refractivity contribution is 6.01. The Balaban J connectivity index is 1.98. The number of nitrogens with zero attached hydrogens (tertiary/aromatic N) is 1. The fraction of sp³-hybridized carbons (Fsp3) is 0.355. The topological polar surface area (TPSA) is 131 Å². The van der Waals surface area contributed by atoms with E-state index in [1.165, 1.54) is 4.90 Å². The molecule has 0 fully saturated rings. The van der Waals surface area contributed by atoms with Crippen molar-refractivity contribution in [3.8, 4) is 0 Å². The summed E-state index contributed by atoms with van der Waals surface area (Å²) in [5.41, 5.74) is 6.83. The maximum Gasteiger partial charge on any atom is 0.408 e. The molecule has 0 saturated carbocycles. The van der Waals surface area contributed by atoms with Crippen molar-refractivity contribution in [2.45, 2.75) is 65.1 Å². The zero-order valence-electron chi connectivity index (χ0n) is 23.7. The maximum atomic E-state index is 13.9. The molecule has 0 heterocycles. The summed E-state index contributed by atoms with van der Waals surface area (Å²) >= 11 is 0. The van der Waals surface area contributed by atoms with Gasteiger partial charge in [0.25, 0.3) is 5.91 Å². The molecule has 0 spiro atoms. The molecule has 212 valence electrons. The molecule has 0 aliphatic carbocycles. The predicted molar refractivity (Wildman–Crippen MR) is 155 cm³/mol. The molecular weight excluding hydrogens is 508 g/mol. The summed E-state index contributed by atoms with van der Waals surface area (Å²) in [5, 5.41) is 7.40. The monoisotopic (exact) mass is 546 g/mol. The lowest BCUT2D eigenvalue weighted by Gasteiger charge is -2.33. The number of hydrogen-bond acceptors (Lipinski definition) is 5. The van der Waals surface area contributed by atoms with E-state index in [4.69, 9.17) is 10.5 Å². The highest BCUT2D eigenvalue weighted by Gasteiger charge is 2.36. The Morgan fingerprint density at radius 1 is 0.925 bits per heavy atom. The Hall–Kier alpha value is -4.40. The van der Waals surface area contributed by atoms with E-state index in [2.05, 4.69) is 10.6 Å². The first-order valence-corrected chi connectivity index (χ1v) is 13.4. The number of hydrogen-bond donors (Lipinski definition) is 3. The van der Waals surface area contributed by atoms with Crippen molar-refractivity contribution < 1.29 is 23.9 Å². The minimum Gasteiger partial charge on any atom is -0.444 e. The van der Waals surface area contributed by atoms with Crippen molar-refractivity contribution >= 4 is 40.3 Å². The van der Waals surface area contributed by atoms with Gasteiger partial charge in [-0.05, 0) is 68.1 Å². The first-order valence-electron chi connectivity index (χ1n) is 13.4. The SMILES string of the molecule is CCc1ccc(C(C(=O)Nc2ccc3ccccc3c2)N(CC)C(=O)C(CC(N)=O)NC(=O)OC(C)(C)C)cc1. The van der Waals surface area contributed by atoms with Crippen LogP contribution in [-0.2, 0) is 25.5 Å². The number of ether oxygens (including phenoxy) is 1. The number of primary amides is 1. The summed E-state index contributed by atoms with van der Waals surface area (Å²) in [6, 6.07) is 18.4. The van der Waals surface area contributed by atoms with Crippen LogP contribution in [0.25, 0.3) is 10.8 Å². The minimum atomic E-state index is -1.32. The summed E-state index contributed by atoms with van der Waals surface area (Å²) in [6.07, 6.45) is -0.513. The molecule has 9 heteroatoms. The van der Waals surface area contributed by atoms with Gasteiger partial charge >= 0.3 is 6.09 Å². The second-order valence-electron chi connectivity index (χ2n) is 10.5. The number of likely N-dealkylation sites (N-methyl/N-ethyl adjacent to an activating group) is 1. The molecule has 0 bridgehead atoms. The van der Waals surface area contributed by atoms with Gasteiger partial charge in [-0.2, -0.15) is 0 Å². The number of amides is 4. The van der Waals surface area contributed by atoms with E-state index >= 15 is 0 Å². The molecule has 2 atom stereocenters. The molecular formula is C31H38N4O5. The minimum absolute atomic E-state index is 0.120. The van der Waals surface area contributed by atoms with Crippen molar-refractivity contribution in [3.63, 3.8) is 0 Å². The Labute approximate surface area is 235 Å². The molecule has 3 aromatic carbocycles. The molecule has 0 saturated heterocycles. The van der Waals surface area contributed by atoms with Crippen molar-refractivity contribution in [1.29, 1.82) is 0 Å². The number of benzene rings is 3. The van der Waals surface area contributed by atoms with E-state index in [1.54, 1.807) is 33.8 Å². The van der Waals surface area contributed by atoms with Crippen LogP contribution < -0.4 is 16.4 Å². The van der Waals surface area contributed by atoms with Gasteiger partial charge in [-0.3, -0.25) is 14.4 Å². The van der Waals surface area contributed by atoms with Gasteiger partial charge in [-0.1, -0.05) is 61.5 Å².